The van der Waals surface area contributed by atoms with E-state index in [2.05, 4.69) is 44.8 Å². The second-order valence-corrected chi connectivity index (χ2v) is 5.91. The summed E-state index contributed by atoms with van der Waals surface area (Å²) in [6.07, 6.45) is 2.13. The summed E-state index contributed by atoms with van der Waals surface area (Å²) in [5, 5.41) is 0. The minimum Gasteiger partial charge on any atom is -0.356 e. The number of rotatable bonds is 3. The highest BCUT2D eigenvalue weighted by Gasteiger charge is 2.21. The van der Waals surface area contributed by atoms with E-state index in [9.17, 15) is 0 Å². The van der Waals surface area contributed by atoms with E-state index in [4.69, 9.17) is 0 Å². The van der Waals surface area contributed by atoms with Crippen molar-refractivity contribution in [3.63, 3.8) is 0 Å². The van der Waals surface area contributed by atoms with E-state index < -0.39 is 0 Å². The predicted octanol–water partition coefficient (Wildman–Crippen LogP) is 2.74. The fraction of sp³-hybridized carbons (Fsp3) is 0.636. The number of aromatic nitrogens is 2. The van der Waals surface area contributed by atoms with Gasteiger partial charge < -0.3 is 4.90 Å². The molecule has 1 atom stereocenters. The Kier molecular flexibility index (Phi) is 4.08. The molecule has 16 heavy (non-hydrogen) atoms. The number of thioether (sulfide) groups is 1. The molecule has 1 saturated heterocycles. The van der Waals surface area contributed by atoms with Crippen LogP contribution in [0.4, 0.5) is 5.82 Å². The van der Waals surface area contributed by atoms with Gasteiger partial charge in [-0.25, -0.2) is 9.97 Å². The number of anilines is 1. The van der Waals surface area contributed by atoms with E-state index in [1.165, 1.54) is 17.9 Å². The summed E-state index contributed by atoms with van der Waals surface area (Å²) in [4.78, 5) is 11.2. The van der Waals surface area contributed by atoms with Crippen LogP contribution in [0.5, 0.6) is 0 Å². The number of hydrogen-bond acceptors (Lipinski definition) is 4. The van der Waals surface area contributed by atoms with Crippen molar-refractivity contribution in [1.29, 1.82) is 0 Å². The van der Waals surface area contributed by atoms with Gasteiger partial charge in [0, 0.05) is 31.3 Å². The Morgan fingerprint density at radius 3 is 3.00 bits per heavy atom. The molecule has 0 aliphatic carbocycles. The zero-order valence-corrected chi connectivity index (χ0v) is 12.0. The zero-order chi connectivity index (χ0) is 11.5. The Morgan fingerprint density at radius 2 is 2.38 bits per heavy atom. The molecule has 0 radical (unpaired) electrons. The molecular formula is C11H16BrN3S. The minimum atomic E-state index is 0.622. The molecule has 2 heterocycles. The van der Waals surface area contributed by atoms with Crippen LogP contribution >= 0.6 is 27.7 Å². The zero-order valence-electron chi connectivity index (χ0n) is 9.61. The first-order valence-electron chi connectivity index (χ1n) is 5.54. The molecule has 88 valence electrons. The fourth-order valence-electron chi connectivity index (χ4n) is 1.80. The van der Waals surface area contributed by atoms with E-state index in [0.717, 1.165) is 22.7 Å². The van der Waals surface area contributed by atoms with Gasteiger partial charge in [0.15, 0.2) is 0 Å². The molecule has 1 fully saturated rings. The highest BCUT2D eigenvalue weighted by atomic mass is 79.9. The smallest absolute Gasteiger partial charge is 0.133 e. The van der Waals surface area contributed by atoms with Crippen LogP contribution in [0, 0.1) is 0 Å². The first-order valence-corrected chi connectivity index (χ1v) is 7.49. The minimum absolute atomic E-state index is 0.622. The molecule has 5 heteroatoms. The molecule has 1 unspecified atom stereocenters. The molecule has 0 aromatic carbocycles. The van der Waals surface area contributed by atoms with Crippen LogP contribution < -0.4 is 4.90 Å². The van der Waals surface area contributed by atoms with E-state index in [1.54, 1.807) is 0 Å². The van der Waals surface area contributed by atoms with Crippen molar-refractivity contribution in [3.8, 4) is 0 Å². The summed E-state index contributed by atoms with van der Waals surface area (Å²) < 4.78 is 0.881. The van der Waals surface area contributed by atoms with Crippen LogP contribution in [0.3, 0.4) is 0 Å². The number of hydrogen-bond donors (Lipinski definition) is 0. The average molecular weight is 302 g/mol. The molecule has 0 N–H and O–H groups in total. The van der Waals surface area contributed by atoms with Crippen molar-refractivity contribution in [3.05, 3.63) is 16.5 Å². The van der Waals surface area contributed by atoms with Crippen LogP contribution in [0.25, 0.3) is 0 Å². The molecule has 1 aliphatic rings. The summed E-state index contributed by atoms with van der Waals surface area (Å²) in [6, 6.07) is 2.62. The molecule has 0 bridgehead atoms. The van der Waals surface area contributed by atoms with E-state index >= 15 is 0 Å². The third-order valence-corrected chi connectivity index (χ3v) is 4.41. The maximum Gasteiger partial charge on any atom is 0.133 e. The van der Waals surface area contributed by atoms with Gasteiger partial charge in [-0.1, -0.05) is 6.92 Å². The molecule has 0 saturated carbocycles. The number of halogens is 1. The Balaban J connectivity index is 2.21. The molecule has 0 amide bonds. The van der Waals surface area contributed by atoms with E-state index in [1.807, 2.05) is 17.8 Å². The topological polar surface area (TPSA) is 29.0 Å². The summed E-state index contributed by atoms with van der Waals surface area (Å²) in [5.74, 6) is 4.41. The summed E-state index contributed by atoms with van der Waals surface area (Å²) in [6.45, 7) is 2.08. The van der Waals surface area contributed by atoms with Crippen LogP contribution in [0.2, 0.25) is 0 Å². The lowest BCUT2D eigenvalue weighted by Crippen LogP contribution is -2.32. The third-order valence-electron chi connectivity index (χ3n) is 2.86. The SMILES string of the molecule is CCc1nc(Br)cc(N(C)C2CCSC2)n1. The van der Waals surface area contributed by atoms with Crippen molar-refractivity contribution >= 4 is 33.5 Å². The Hall–Kier alpha value is -0.290. The van der Waals surface area contributed by atoms with E-state index in [0.29, 0.717) is 6.04 Å². The first kappa shape index (κ1) is 12.2. The second kappa shape index (κ2) is 5.36. The Labute approximate surface area is 109 Å². The average Bonchev–Trinajstić information content (AvgIpc) is 2.80. The van der Waals surface area contributed by atoms with Gasteiger partial charge in [0.2, 0.25) is 0 Å². The van der Waals surface area contributed by atoms with Crippen molar-refractivity contribution in [2.45, 2.75) is 25.8 Å². The van der Waals surface area contributed by atoms with Gasteiger partial charge in [0.25, 0.3) is 0 Å². The molecule has 1 aromatic rings. The molecule has 1 aromatic heterocycles. The van der Waals surface area contributed by atoms with Gasteiger partial charge in [0.1, 0.15) is 16.2 Å². The molecule has 0 spiro atoms. The highest BCUT2D eigenvalue weighted by molar-refractivity contribution is 9.10. The molecule has 3 nitrogen and oxygen atoms in total. The number of nitrogens with zero attached hydrogens (tertiary/aromatic N) is 3. The van der Waals surface area contributed by atoms with Crippen LogP contribution in [-0.4, -0.2) is 34.6 Å². The summed E-state index contributed by atoms with van der Waals surface area (Å²) in [5.41, 5.74) is 0. The first-order chi connectivity index (χ1) is 7.70. The number of aryl methyl sites for hydroxylation is 1. The maximum absolute atomic E-state index is 4.57. The Morgan fingerprint density at radius 1 is 1.56 bits per heavy atom. The lowest BCUT2D eigenvalue weighted by molar-refractivity contribution is 0.686. The van der Waals surface area contributed by atoms with Gasteiger partial charge in [0.05, 0.1) is 0 Å². The molecular weight excluding hydrogens is 286 g/mol. The van der Waals surface area contributed by atoms with Crippen LogP contribution in [0.15, 0.2) is 10.7 Å². The normalized spacial score (nSPS) is 20.1. The van der Waals surface area contributed by atoms with Crippen molar-refractivity contribution in [2.75, 3.05) is 23.5 Å². The van der Waals surface area contributed by atoms with Gasteiger partial charge in [-0.15, -0.1) is 0 Å². The highest BCUT2D eigenvalue weighted by Crippen LogP contribution is 2.25. The molecule has 2 rings (SSSR count). The lowest BCUT2D eigenvalue weighted by atomic mass is 10.2. The van der Waals surface area contributed by atoms with Gasteiger partial charge in [-0.2, -0.15) is 11.8 Å². The quantitative estimate of drug-likeness (QED) is 0.803. The lowest BCUT2D eigenvalue weighted by Gasteiger charge is -2.25. The van der Waals surface area contributed by atoms with Crippen LogP contribution in [0.1, 0.15) is 19.2 Å². The summed E-state index contributed by atoms with van der Waals surface area (Å²) in [7, 11) is 2.13. The van der Waals surface area contributed by atoms with Crippen molar-refractivity contribution in [1.82, 2.24) is 9.97 Å². The third kappa shape index (κ3) is 2.69. The predicted molar refractivity (Wildman–Crippen MR) is 73.2 cm³/mol. The van der Waals surface area contributed by atoms with Gasteiger partial charge in [-0.3, -0.25) is 0 Å². The fourth-order valence-corrected chi connectivity index (χ4v) is 3.48. The second-order valence-electron chi connectivity index (χ2n) is 3.95. The standard InChI is InChI=1S/C11H16BrN3S/c1-3-10-13-9(12)6-11(14-10)15(2)8-4-5-16-7-8/h6,8H,3-5,7H2,1-2H3. The van der Waals surface area contributed by atoms with Gasteiger partial charge in [-0.05, 0) is 28.1 Å². The van der Waals surface area contributed by atoms with Crippen LogP contribution in [-0.2, 0) is 6.42 Å². The van der Waals surface area contributed by atoms with Crippen molar-refractivity contribution in [2.24, 2.45) is 0 Å². The monoisotopic (exact) mass is 301 g/mol. The Bertz CT molecular complexity index is 366. The molecule has 1 aliphatic heterocycles. The van der Waals surface area contributed by atoms with Gasteiger partial charge >= 0.3 is 0 Å². The largest absolute Gasteiger partial charge is 0.356 e. The maximum atomic E-state index is 4.57. The van der Waals surface area contributed by atoms with E-state index in [-0.39, 0.29) is 0 Å². The summed E-state index contributed by atoms with van der Waals surface area (Å²) >= 11 is 5.47. The van der Waals surface area contributed by atoms with Crippen molar-refractivity contribution < 1.29 is 0 Å².